The van der Waals surface area contributed by atoms with E-state index in [1.165, 1.54) is 0 Å². The Morgan fingerprint density at radius 2 is 1.66 bits per heavy atom. The topological polar surface area (TPSA) is 117 Å². The number of phenols is 1. The average Bonchev–Trinajstić information content (AvgIpc) is 2.67. The summed E-state index contributed by atoms with van der Waals surface area (Å²) in [6.45, 7) is 6.74. The minimum Gasteiger partial charge on any atom is -0.508 e. The number of nitrogens with two attached hydrogens (primary N) is 2. The van der Waals surface area contributed by atoms with Gasteiger partial charge in [-0.3, -0.25) is 0 Å². The molecule has 0 bridgehead atoms. The van der Waals surface area contributed by atoms with Crippen molar-refractivity contribution in [3.8, 4) is 28.4 Å². The predicted octanol–water partition coefficient (Wildman–Crippen LogP) is 3.71. The second-order valence-corrected chi connectivity index (χ2v) is 6.65. The quantitative estimate of drug-likeness (QED) is 0.559. The third kappa shape index (κ3) is 4.51. The van der Waals surface area contributed by atoms with Gasteiger partial charge in [0, 0.05) is 18.2 Å². The highest BCUT2D eigenvalue weighted by Gasteiger charge is 2.17. The van der Waals surface area contributed by atoms with Gasteiger partial charge in [-0.25, -0.2) is 4.98 Å². The second kappa shape index (κ2) is 8.68. The number of aromatic hydroxyl groups is 1. The van der Waals surface area contributed by atoms with Gasteiger partial charge in [0.15, 0.2) is 0 Å². The van der Waals surface area contributed by atoms with Gasteiger partial charge >= 0.3 is 0 Å². The molecule has 0 amide bonds. The molecule has 1 aromatic heterocycles. The van der Waals surface area contributed by atoms with E-state index in [1.54, 1.807) is 12.3 Å². The molecular formula is C22H26N4O3. The van der Waals surface area contributed by atoms with Crippen LogP contribution in [0.25, 0.3) is 11.1 Å². The molecular weight excluding hydrogens is 368 g/mol. The molecule has 0 aliphatic rings. The Kier molecular flexibility index (Phi) is 6.07. The fourth-order valence-electron chi connectivity index (χ4n) is 3.17. The number of hydrogen-bond acceptors (Lipinski definition) is 7. The van der Waals surface area contributed by atoms with Gasteiger partial charge in [0.2, 0.25) is 5.95 Å². The van der Waals surface area contributed by atoms with E-state index < -0.39 is 0 Å². The summed E-state index contributed by atoms with van der Waals surface area (Å²) < 4.78 is 11.9. The minimum absolute atomic E-state index is 0.148. The summed E-state index contributed by atoms with van der Waals surface area (Å²) in [7, 11) is 0. The molecule has 7 nitrogen and oxygen atoms in total. The van der Waals surface area contributed by atoms with E-state index >= 15 is 0 Å². The van der Waals surface area contributed by atoms with Crippen molar-refractivity contribution in [3.63, 3.8) is 0 Å². The van der Waals surface area contributed by atoms with Crippen molar-refractivity contribution in [2.45, 2.75) is 27.2 Å². The Hall–Kier alpha value is -3.48. The lowest BCUT2D eigenvalue weighted by Gasteiger charge is -2.18. The number of nitrogen functional groups attached to an aromatic ring is 2. The molecule has 0 aliphatic heterocycles. The van der Waals surface area contributed by atoms with Crippen molar-refractivity contribution in [2.75, 3.05) is 24.7 Å². The number of aromatic nitrogens is 2. The molecule has 0 spiro atoms. The molecule has 0 saturated carbocycles. The monoisotopic (exact) mass is 394 g/mol. The van der Waals surface area contributed by atoms with Crippen LogP contribution in [-0.4, -0.2) is 28.3 Å². The molecule has 0 aliphatic carbocycles. The zero-order valence-corrected chi connectivity index (χ0v) is 16.9. The number of nitrogens with zero attached hydrogens (tertiary/aromatic N) is 2. The van der Waals surface area contributed by atoms with Crippen molar-refractivity contribution in [3.05, 3.63) is 53.2 Å². The Bertz CT molecular complexity index is 994. The summed E-state index contributed by atoms with van der Waals surface area (Å²) in [5, 5.41) is 9.89. The van der Waals surface area contributed by atoms with Crippen molar-refractivity contribution in [1.29, 1.82) is 0 Å². The van der Waals surface area contributed by atoms with Crippen LogP contribution < -0.4 is 20.9 Å². The lowest BCUT2D eigenvalue weighted by molar-refractivity contribution is 0.325. The maximum atomic E-state index is 9.89. The fourth-order valence-corrected chi connectivity index (χ4v) is 3.17. The SMILES string of the molecule is CCOc1cc(Cc2cnc(N)nc2N)cc(OCC)c1-c1ccc(O)c(C)c1. The van der Waals surface area contributed by atoms with Gasteiger partial charge in [0.1, 0.15) is 23.1 Å². The van der Waals surface area contributed by atoms with Gasteiger partial charge in [-0.05, 0) is 61.7 Å². The van der Waals surface area contributed by atoms with Gasteiger partial charge < -0.3 is 26.0 Å². The maximum absolute atomic E-state index is 9.89. The van der Waals surface area contributed by atoms with E-state index in [0.717, 1.165) is 27.8 Å². The Morgan fingerprint density at radius 1 is 1.00 bits per heavy atom. The van der Waals surface area contributed by atoms with Crippen LogP contribution in [0.5, 0.6) is 17.2 Å². The van der Waals surface area contributed by atoms with Crippen LogP contribution in [0.15, 0.2) is 36.5 Å². The molecule has 0 atom stereocenters. The first-order valence-corrected chi connectivity index (χ1v) is 9.52. The lowest BCUT2D eigenvalue weighted by Crippen LogP contribution is -2.05. The molecule has 0 unspecified atom stereocenters. The number of anilines is 2. The summed E-state index contributed by atoms with van der Waals surface area (Å²) in [5.74, 6) is 2.16. The standard InChI is InChI=1S/C22H26N4O3/c1-4-28-18-10-14(9-16-12-25-22(24)26-21(16)23)11-19(29-5-2)20(18)15-6-7-17(27)13(3)8-15/h6-8,10-12,27H,4-5,9H2,1-3H3,(H4,23,24,25,26). The highest BCUT2D eigenvalue weighted by atomic mass is 16.5. The van der Waals surface area contributed by atoms with Crippen LogP contribution >= 0.6 is 0 Å². The molecule has 3 aromatic rings. The van der Waals surface area contributed by atoms with E-state index in [2.05, 4.69) is 9.97 Å². The molecule has 2 aromatic carbocycles. The van der Waals surface area contributed by atoms with Crippen molar-refractivity contribution in [2.24, 2.45) is 0 Å². The summed E-state index contributed by atoms with van der Waals surface area (Å²) in [4.78, 5) is 8.07. The van der Waals surface area contributed by atoms with E-state index in [0.29, 0.717) is 37.0 Å². The molecule has 1 heterocycles. The van der Waals surface area contributed by atoms with E-state index in [-0.39, 0.29) is 11.7 Å². The first-order chi connectivity index (χ1) is 13.9. The van der Waals surface area contributed by atoms with Crippen molar-refractivity contribution in [1.82, 2.24) is 9.97 Å². The zero-order chi connectivity index (χ0) is 21.0. The Morgan fingerprint density at radius 3 is 2.21 bits per heavy atom. The first kappa shape index (κ1) is 20.3. The molecule has 0 fully saturated rings. The number of phenolic OH excluding ortho intramolecular Hbond substituents is 1. The number of hydrogen-bond donors (Lipinski definition) is 3. The molecule has 7 heteroatoms. The number of rotatable bonds is 7. The third-order valence-corrected chi connectivity index (χ3v) is 4.52. The maximum Gasteiger partial charge on any atom is 0.221 e. The molecule has 152 valence electrons. The van der Waals surface area contributed by atoms with Crippen LogP contribution in [0.1, 0.15) is 30.5 Å². The third-order valence-electron chi connectivity index (χ3n) is 4.52. The van der Waals surface area contributed by atoms with E-state index in [1.807, 2.05) is 45.0 Å². The number of benzene rings is 2. The normalized spacial score (nSPS) is 10.7. The Balaban J connectivity index is 2.11. The van der Waals surface area contributed by atoms with Crippen LogP contribution in [0.4, 0.5) is 11.8 Å². The van der Waals surface area contributed by atoms with Crippen LogP contribution in [0.2, 0.25) is 0 Å². The van der Waals surface area contributed by atoms with Gasteiger partial charge in [-0.1, -0.05) is 6.07 Å². The number of ether oxygens (including phenoxy) is 2. The van der Waals surface area contributed by atoms with Crippen LogP contribution in [0.3, 0.4) is 0 Å². The second-order valence-electron chi connectivity index (χ2n) is 6.65. The van der Waals surface area contributed by atoms with Gasteiger partial charge in [-0.2, -0.15) is 4.98 Å². The highest BCUT2D eigenvalue weighted by molar-refractivity contribution is 5.78. The highest BCUT2D eigenvalue weighted by Crippen LogP contribution is 2.41. The first-order valence-electron chi connectivity index (χ1n) is 9.52. The zero-order valence-electron chi connectivity index (χ0n) is 16.9. The molecule has 5 N–H and O–H groups in total. The van der Waals surface area contributed by atoms with Crippen LogP contribution in [0, 0.1) is 6.92 Å². The summed E-state index contributed by atoms with van der Waals surface area (Å²) in [6.07, 6.45) is 2.15. The smallest absolute Gasteiger partial charge is 0.221 e. The largest absolute Gasteiger partial charge is 0.508 e. The van der Waals surface area contributed by atoms with E-state index in [9.17, 15) is 5.11 Å². The Labute approximate surface area is 170 Å². The van der Waals surface area contributed by atoms with Crippen LogP contribution in [-0.2, 0) is 6.42 Å². The van der Waals surface area contributed by atoms with Gasteiger partial charge in [0.25, 0.3) is 0 Å². The predicted molar refractivity (Wildman–Crippen MR) is 114 cm³/mol. The van der Waals surface area contributed by atoms with Gasteiger partial charge in [-0.15, -0.1) is 0 Å². The molecule has 3 rings (SSSR count). The summed E-state index contributed by atoms with van der Waals surface area (Å²) in [5.41, 5.74) is 15.9. The summed E-state index contributed by atoms with van der Waals surface area (Å²) >= 11 is 0. The number of aryl methyl sites for hydroxylation is 1. The minimum atomic E-state index is 0.148. The van der Waals surface area contributed by atoms with Gasteiger partial charge in [0.05, 0.1) is 18.8 Å². The van der Waals surface area contributed by atoms with Crippen molar-refractivity contribution < 1.29 is 14.6 Å². The fraction of sp³-hybridized carbons (Fsp3) is 0.273. The average molecular weight is 394 g/mol. The molecule has 29 heavy (non-hydrogen) atoms. The van der Waals surface area contributed by atoms with Crippen molar-refractivity contribution >= 4 is 11.8 Å². The lowest BCUT2D eigenvalue weighted by atomic mass is 9.97. The molecule has 0 saturated heterocycles. The molecule has 0 radical (unpaired) electrons. The van der Waals surface area contributed by atoms with E-state index in [4.69, 9.17) is 20.9 Å². The summed E-state index contributed by atoms with van der Waals surface area (Å²) in [6, 6.07) is 9.39.